The molecule has 0 aliphatic rings. The normalized spacial score (nSPS) is 10.3. The molecular weight excluding hydrogens is 316 g/mol. The number of halogens is 1. The van der Waals surface area contributed by atoms with E-state index in [9.17, 15) is 4.79 Å². The topological polar surface area (TPSA) is 42.0 Å². The van der Waals surface area contributed by atoms with Crippen LogP contribution in [0.2, 0.25) is 0 Å². The highest BCUT2D eigenvalue weighted by molar-refractivity contribution is 9.10. The second-order valence-corrected chi connectivity index (χ2v) is 5.66. The third-order valence-electron chi connectivity index (χ3n) is 3.01. The lowest BCUT2D eigenvalue weighted by Gasteiger charge is -2.06. The van der Waals surface area contributed by atoms with Crippen molar-refractivity contribution in [2.75, 3.05) is 5.32 Å². The van der Waals surface area contributed by atoms with Gasteiger partial charge in [0.2, 0.25) is 5.91 Å². The second kappa shape index (κ2) is 6.66. The van der Waals surface area contributed by atoms with E-state index < -0.39 is 0 Å². The van der Waals surface area contributed by atoms with E-state index in [1.165, 1.54) is 11.1 Å². The molecule has 0 atom stereocenters. The number of amides is 1. The molecule has 0 aliphatic carbocycles. The van der Waals surface area contributed by atoms with Crippen molar-refractivity contribution >= 4 is 27.7 Å². The second-order valence-electron chi connectivity index (χ2n) is 4.80. The average molecular weight is 333 g/mol. The molecule has 0 aliphatic heterocycles. The average Bonchev–Trinajstić information content (AvgIpc) is 2.41. The van der Waals surface area contributed by atoms with Gasteiger partial charge < -0.3 is 5.32 Å². The fraction of sp³-hybridized carbons (Fsp3) is 0.250. The maximum Gasteiger partial charge on any atom is 0.225 e. The Balaban J connectivity index is 1.91. The summed E-state index contributed by atoms with van der Waals surface area (Å²) in [6.07, 6.45) is 1.20. The van der Waals surface area contributed by atoms with Crippen molar-refractivity contribution in [1.29, 1.82) is 0 Å². The molecule has 0 unspecified atom stereocenters. The van der Waals surface area contributed by atoms with Gasteiger partial charge in [0.1, 0.15) is 5.82 Å². The minimum Gasteiger partial charge on any atom is -0.311 e. The first-order chi connectivity index (χ1) is 9.54. The van der Waals surface area contributed by atoms with Crippen molar-refractivity contribution in [1.82, 2.24) is 4.98 Å². The van der Waals surface area contributed by atoms with Gasteiger partial charge in [0, 0.05) is 10.9 Å². The maximum atomic E-state index is 11.9. The molecule has 1 heterocycles. The highest BCUT2D eigenvalue weighted by Crippen LogP contribution is 2.16. The predicted molar refractivity (Wildman–Crippen MR) is 84.8 cm³/mol. The Bertz CT molecular complexity index is 626. The van der Waals surface area contributed by atoms with Crippen molar-refractivity contribution in [3.63, 3.8) is 0 Å². The molecule has 0 radical (unpaired) electrons. The minimum absolute atomic E-state index is 0.0132. The number of anilines is 1. The van der Waals surface area contributed by atoms with Crippen molar-refractivity contribution in [3.05, 3.63) is 57.7 Å². The fourth-order valence-electron chi connectivity index (χ4n) is 1.94. The Kier molecular flexibility index (Phi) is 4.90. The number of rotatable bonds is 4. The van der Waals surface area contributed by atoms with E-state index in [1.807, 2.05) is 25.1 Å². The highest BCUT2D eigenvalue weighted by atomic mass is 79.9. The van der Waals surface area contributed by atoms with Crippen molar-refractivity contribution in [2.45, 2.75) is 26.7 Å². The van der Waals surface area contributed by atoms with Gasteiger partial charge >= 0.3 is 0 Å². The lowest BCUT2D eigenvalue weighted by atomic mass is 10.1. The van der Waals surface area contributed by atoms with Crippen LogP contribution in [0.1, 0.15) is 23.2 Å². The van der Waals surface area contributed by atoms with Crippen LogP contribution >= 0.6 is 15.9 Å². The van der Waals surface area contributed by atoms with Crippen LogP contribution < -0.4 is 5.32 Å². The molecule has 0 spiro atoms. The molecule has 2 rings (SSSR count). The van der Waals surface area contributed by atoms with Gasteiger partial charge in [0.05, 0.1) is 5.69 Å². The Hall–Kier alpha value is -1.68. The van der Waals surface area contributed by atoms with E-state index in [0.717, 1.165) is 16.6 Å². The zero-order valence-corrected chi connectivity index (χ0v) is 13.2. The standard InChI is InChI=1S/C16H17BrN2O/c1-11-4-3-5-13(10-11)6-9-16(20)19-15-8-7-14(17)12(2)18-15/h3-5,7-8,10H,6,9H2,1-2H3,(H,18,19,20). The Morgan fingerprint density at radius 3 is 2.75 bits per heavy atom. The summed E-state index contributed by atoms with van der Waals surface area (Å²) in [5, 5.41) is 2.82. The molecule has 4 heteroatoms. The number of carbonyl (C=O) groups excluding carboxylic acids is 1. The first-order valence-electron chi connectivity index (χ1n) is 6.53. The first-order valence-corrected chi connectivity index (χ1v) is 7.32. The zero-order valence-electron chi connectivity index (χ0n) is 11.6. The molecule has 20 heavy (non-hydrogen) atoms. The van der Waals surface area contributed by atoms with E-state index in [4.69, 9.17) is 0 Å². The molecular formula is C16H17BrN2O. The number of benzene rings is 1. The molecule has 3 nitrogen and oxygen atoms in total. The van der Waals surface area contributed by atoms with Crippen LogP contribution in [-0.4, -0.2) is 10.9 Å². The summed E-state index contributed by atoms with van der Waals surface area (Å²) in [6.45, 7) is 3.95. The molecule has 0 saturated heterocycles. The van der Waals surface area contributed by atoms with Gasteiger partial charge in [-0.3, -0.25) is 4.79 Å². The van der Waals surface area contributed by atoms with Gasteiger partial charge in [-0.05, 0) is 53.9 Å². The molecule has 1 aromatic carbocycles. The van der Waals surface area contributed by atoms with Crippen LogP contribution in [0.15, 0.2) is 40.9 Å². The summed E-state index contributed by atoms with van der Waals surface area (Å²) in [7, 11) is 0. The lowest BCUT2D eigenvalue weighted by molar-refractivity contribution is -0.116. The van der Waals surface area contributed by atoms with Gasteiger partial charge in [-0.2, -0.15) is 0 Å². The summed E-state index contributed by atoms with van der Waals surface area (Å²) in [4.78, 5) is 16.2. The smallest absolute Gasteiger partial charge is 0.225 e. The minimum atomic E-state index is -0.0132. The van der Waals surface area contributed by atoms with Crippen LogP contribution in [0.25, 0.3) is 0 Å². The summed E-state index contributed by atoms with van der Waals surface area (Å²) in [5.41, 5.74) is 3.26. The van der Waals surface area contributed by atoms with Gasteiger partial charge in [-0.1, -0.05) is 29.8 Å². The fourth-order valence-corrected chi connectivity index (χ4v) is 2.17. The maximum absolute atomic E-state index is 11.9. The SMILES string of the molecule is Cc1cccc(CCC(=O)Nc2ccc(Br)c(C)n2)c1. The molecule has 0 bridgehead atoms. The van der Waals surface area contributed by atoms with Gasteiger partial charge in [-0.15, -0.1) is 0 Å². The predicted octanol–water partition coefficient (Wildman–Crippen LogP) is 4.03. The molecule has 104 valence electrons. The summed E-state index contributed by atoms with van der Waals surface area (Å²) >= 11 is 3.39. The number of carbonyl (C=O) groups is 1. The zero-order chi connectivity index (χ0) is 14.5. The van der Waals surface area contributed by atoms with Crippen molar-refractivity contribution < 1.29 is 4.79 Å². The molecule has 0 fully saturated rings. The molecule has 0 saturated carbocycles. The van der Waals surface area contributed by atoms with Gasteiger partial charge in [-0.25, -0.2) is 4.98 Å². The van der Waals surface area contributed by atoms with Crippen molar-refractivity contribution in [3.8, 4) is 0 Å². The number of hydrogen-bond acceptors (Lipinski definition) is 2. The summed E-state index contributed by atoms with van der Waals surface area (Å²) in [5.74, 6) is 0.584. The quantitative estimate of drug-likeness (QED) is 0.918. The van der Waals surface area contributed by atoms with Crippen LogP contribution in [0.4, 0.5) is 5.82 Å². The third-order valence-corrected chi connectivity index (χ3v) is 3.85. The first kappa shape index (κ1) is 14.7. The molecule has 1 N–H and O–H groups in total. The Morgan fingerprint density at radius 2 is 2.05 bits per heavy atom. The van der Waals surface area contributed by atoms with Crippen LogP contribution in [0.5, 0.6) is 0 Å². The van der Waals surface area contributed by atoms with Gasteiger partial charge in [0.15, 0.2) is 0 Å². The molecule has 1 amide bonds. The van der Waals surface area contributed by atoms with E-state index in [1.54, 1.807) is 6.07 Å². The van der Waals surface area contributed by atoms with E-state index >= 15 is 0 Å². The van der Waals surface area contributed by atoms with E-state index in [2.05, 4.69) is 45.3 Å². The number of nitrogens with zero attached hydrogens (tertiary/aromatic N) is 1. The Labute approximate surface area is 127 Å². The van der Waals surface area contributed by atoms with E-state index in [0.29, 0.717) is 12.2 Å². The molecule has 1 aromatic heterocycles. The van der Waals surface area contributed by atoms with Crippen LogP contribution in [0, 0.1) is 13.8 Å². The number of hydrogen-bond donors (Lipinski definition) is 1. The van der Waals surface area contributed by atoms with Crippen LogP contribution in [-0.2, 0) is 11.2 Å². The molecule has 2 aromatic rings. The largest absolute Gasteiger partial charge is 0.311 e. The van der Waals surface area contributed by atoms with Crippen molar-refractivity contribution in [2.24, 2.45) is 0 Å². The summed E-state index contributed by atoms with van der Waals surface area (Å²) in [6, 6.07) is 11.9. The number of aryl methyl sites for hydroxylation is 3. The van der Waals surface area contributed by atoms with Crippen LogP contribution in [0.3, 0.4) is 0 Å². The van der Waals surface area contributed by atoms with E-state index in [-0.39, 0.29) is 5.91 Å². The highest BCUT2D eigenvalue weighted by Gasteiger charge is 2.05. The monoisotopic (exact) mass is 332 g/mol. The number of pyridine rings is 1. The number of nitrogens with one attached hydrogen (secondary N) is 1. The third kappa shape index (κ3) is 4.17. The Morgan fingerprint density at radius 1 is 1.25 bits per heavy atom. The lowest BCUT2D eigenvalue weighted by Crippen LogP contribution is -2.13. The number of aromatic nitrogens is 1. The van der Waals surface area contributed by atoms with Gasteiger partial charge in [0.25, 0.3) is 0 Å². The summed E-state index contributed by atoms with van der Waals surface area (Å²) < 4.78 is 0.940.